The van der Waals surface area contributed by atoms with E-state index in [0.29, 0.717) is 42.1 Å². The van der Waals surface area contributed by atoms with E-state index in [2.05, 4.69) is 23.4 Å². The summed E-state index contributed by atoms with van der Waals surface area (Å²) in [7, 11) is 1.40. The lowest BCUT2D eigenvalue weighted by atomic mass is 9.79. The molecule has 1 heterocycles. The van der Waals surface area contributed by atoms with Gasteiger partial charge in [0, 0.05) is 18.7 Å². The zero-order valence-electron chi connectivity index (χ0n) is 21.1. The fourth-order valence-corrected chi connectivity index (χ4v) is 4.56. The first-order valence-corrected chi connectivity index (χ1v) is 12.2. The maximum Gasteiger partial charge on any atom is 0.391 e. The lowest BCUT2D eigenvalue weighted by Crippen LogP contribution is -2.45. The average molecular weight is 507 g/mol. The number of alkyl halides is 3. The van der Waals surface area contributed by atoms with Gasteiger partial charge in [-0.1, -0.05) is 19.9 Å². The molecule has 1 aliphatic rings. The lowest BCUT2D eigenvalue weighted by Gasteiger charge is -2.34. The number of aryl methyl sites for hydroxylation is 1. The highest BCUT2D eigenvalue weighted by molar-refractivity contribution is 5.97. The summed E-state index contributed by atoms with van der Waals surface area (Å²) < 4.78 is 46.0. The summed E-state index contributed by atoms with van der Waals surface area (Å²) >= 11 is 0. The Balaban J connectivity index is 1.91. The van der Waals surface area contributed by atoms with Crippen LogP contribution in [0.1, 0.15) is 68.1 Å². The van der Waals surface area contributed by atoms with Crippen molar-refractivity contribution in [3.8, 4) is 23.1 Å². The molecule has 0 radical (unpaired) electrons. The first-order chi connectivity index (χ1) is 16.9. The Morgan fingerprint density at radius 2 is 2.06 bits per heavy atom. The zero-order valence-corrected chi connectivity index (χ0v) is 21.1. The second kappa shape index (κ2) is 10.9. The van der Waals surface area contributed by atoms with Crippen molar-refractivity contribution in [2.24, 2.45) is 11.8 Å². The molecule has 1 fully saturated rings. The Labute approximate surface area is 209 Å². The molecule has 1 amide bonds. The van der Waals surface area contributed by atoms with E-state index in [1.807, 2.05) is 0 Å². The van der Waals surface area contributed by atoms with Crippen LogP contribution >= 0.6 is 0 Å². The first-order valence-electron chi connectivity index (χ1n) is 12.2. The van der Waals surface area contributed by atoms with Crippen LogP contribution in [0, 0.1) is 23.2 Å². The number of halogens is 3. The third kappa shape index (κ3) is 6.01. The van der Waals surface area contributed by atoms with Gasteiger partial charge < -0.3 is 15.2 Å². The topological polar surface area (TPSA) is 100 Å². The molecular formula is C26H33F3N4O3. The van der Waals surface area contributed by atoms with Crippen molar-refractivity contribution in [3.05, 3.63) is 35.0 Å². The predicted molar refractivity (Wildman–Crippen MR) is 128 cm³/mol. The van der Waals surface area contributed by atoms with Crippen molar-refractivity contribution in [2.75, 3.05) is 13.7 Å². The molecule has 196 valence electrons. The van der Waals surface area contributed by atoms with E-state index in [1.165, 1.54) is 17.9 Å². The van der Waals surface area contributed by atoms with Crippen molar-refractivity contribution < 1.29 is 27.8 Å². The maximum absolute atomic E-state index is 13.0. The molecule has 36 heavy (non-hydrogen) atoms. The van der Waals surface area contributed by atoms with E-state index in [1.54, 1.807) is 19.1 Å². The van der Waals surface area contributed by atoms with Crippen molar-refractivity contribution >= 4 is 5.91 Å². The maximum atomic E-state index is 13.0. The molecule has 1 aliphatic carbocycles. The molecule has 0 bridgehead atoms. The van der Waals surface area contributed by atoms with E-state index in [0.717, 1.165) is 19.8 Å². The molecule has 7 nitrogen and oxygen atoms in total. The Kier molecular flexibility index (Phi) is 8.34. The molecule has 2 N–H and O–H groups in total. The fraction of sp³-hybridized carbons (Fsp3) is 0.577. The summed E-state index contributed by atoms with van der Waals surface area (Å²) in [6.45, 7) is 5.46. The number of hydrogen-bond donors (Lipinski definition) is 2. The number of rotatable bonds is 8. The quantitative estimate of drug-likeness (QED) is 0.533. The molecule has 1 unspecified atom stereocenters. The molecule has 1 aromatic heterocycles. The number of methoxy groups -OCH3 is 1. The van der Waals surface area contributed by atoms with Crippen LogP contribution in [0.25, 0.3) is 11.3 Å². The third-order valence-electron chi connectivity index (χ3n) is 6.98. The monoisotopic (exact) mass is 506 g/mol. The van der Waals surface area contributed by atoms with Gasteiger partial charge in [0.2, 0.25) is 0 Å². The van der Waals surface area contributed by atoms with Gasteiger partial charge in [0.15, 0.2) is 5.69 Å². The number of hydrogen-bond acceptors (Lipinski definition) is 5. The summed E-state index contributed by atoms with van der Waals surface area (Å²) in [6, 6.07) is 6.73. The van der Waals surface area contributed by atoms with E-state index in [-0.39, 0.29) is 30.0 Å². The largest absolute Gasteiger partial charge is 0.496 e. The van der Waals surface area contributed by atoms with Crippen molar-refractivity contribution in [2.45, 2.75) is 71.2 Å². The van der Waals surface area contributed by atoms with Crippen LogP contribution in [0.3, 0.4) is 0 Å². The zero-order chi connectivity index (χ0) is 26.7. The van der Waals surface area contributed by atoms with Gasteiger partial charge in [-0.15, -0.1) is 0 Å². The number of carbonyl (C=O) groups is 1. The molecule has 2 aromatic rings. The van der Waals surface area contributed by atoms with Gasteiger partial charge in [-0.2, -0.15) is 23.5 Å². The van der Waals surface area contributed by atoms with Crippen LogP contribution in [0.15, 0.2) is 18.2 Å². The van der Waals surface area contributed by atoms with Crippen LogP contribution in [0.2, 0.25) is 0 Å². The highest BCUT2D eigenvalue weighted by Gasteiger charge is 2.36. The van der Waals surface area contributed by atoms with E-state index in [9.17, 15) is 28.3 Å². The van der Waals surface area contributed by atoms with Crippen molar-refractivity contribution in [3.63, 3.8) is 0 Å². The van der Waals surface area contributed by atoms with Crippen LogP contribution in [-0.4, -0.2) is 46.2 Å². The van der Waals surface area contributed by atoms with Crippen LogP contribution in [0.5, 0.6) is 5.75 Å². The van der Waals surface area contributed by atoms with E-state index < -0.39 is 23.6 Å². The fourth-order valence-electron chi connectivity index (χ4n) is 4.56. The SMILES string of the molecule is CCn1nc(C(=O)NCC2(O)CCC(C)CC2)c(C#N)c1-c1ccc(CC(C)C(F)(F)F)cc1OC. The molecule has 0 saturated heterocycles. The molecule has 0 spiro atoms. The predicted octanol–water partition coefficient (Wildman–Crippen LogP) is 4.86. The Morgan fingerprint density at radius 1 is 1.39 bits per heavy atom. The second-order valence-electron chi connectivity index (χ2n) is 9.77. The van der Waals surface area contributed by atoms with E-state index >= 15 is 0 Å². The average Bonchev–Trinajstić information content (AvgIpc) is 3.22. The molecule has 1 aromatic carbocycles. The number of aromatic nitrogens is 2. The normalized spacial score (nSPS) is 21.0. The van der Waals surface area contributed by atoms with Crippen LogP contribution in [-0.2, 0) is 13.0 Å². The number of nitriles is 1. The van der Waals surface area contributed by atoms with Gasteiger partial charge in [-0.05, 0) is 62.6 Å². The number of benzene rings is 1. The number of amides is 1. The van der Waals surface area contributed by atoms with Gasteiger partial charge >= 0.3 is 6.18 Å². The van der Waals surface area contributed by atoms with Crippen molar-refractivity contribution in [1.82, 2.24) is 15.1 Å². The van der Waals surface area contributed by atoms with Crippen LogP contribution in [0.4, 0.5) is 13.2 Å². The van der Waals surface area contributed by atoms with Gasteiger partial charge in [-0.3, -0.25) is 9.48 Å². The molecule has 10 heteroatoms. The number of nitrogens with one attached hydrogen (secondary N) is 1. The highest BCUT2D eigenvalue weighted by atomic mass is 19.4. The van der Waals surface area contributed by atoms with E-state index in [4.69, 9.17) is 4.74 Å². The Bertz CT molecular complexity index is 1130. The summed E-state index contributed by atoms with van der Waals surface area (Å²) in [6.07, 6.45) is -1.60. The lowest BCUT2D eigenvalue weighted by molar-refractivity contribution is -0.169. The van der Waals surface area contributed by atoms with Crippen LogP contribution < -0.4 is 10.1 Å². The number of aliphatic hydroxyl groups is 1. The molecular weight excluding hydrogens is 473 g/mol. The molecule has 3 rings (SSSR count). The van der Waals surface area contributed by atoms with Gasteiger partial charge in [0.05, 0.1) is 24.3 Å². The Hall–Kier alpha value is -3.06. The van der Waals surface area contributed by atoms with Crippen molar-refractivity contribution in [1.29, 1.82) is 5.26 Å². The Morgan fingerprint density at radius 3 is 2.61 bits per heavy atom. The van der Waals surface area contributed by atoms with Gasteiger partial charge in [-0.25, -0.2) is 0 Å². The second-order valence-corrected chi connectivity index (χ2v) is 9.77. The van der Waals surface area contributed by atoms with Gasteiger partial charge in [0.25, 0.3) is 5.91 Å². The van der Waals surface area contributed by atoms with Gasteiger partial charge in [0.1, 0.15) is 17.4 Å². The minimum absolute atomic E-state index is 0.0355. The summed E-state index contributed by atoms with van der Waals surface area (Å²) in [5.74, 6) is -1.28. The summed E-state index contributed by atoms with van der Waals surface area (Å²) in [5, 5.41) is 27.8. The first kappa shape index (κ1) is 27.5. The number of ether oxygens (including phenoxy) is 1. The molecule has 1 atom stereocenters. The highest BCUT2D eigenvalue weighted by Crippen LogP contribution is 2.37. The minimum Gasteiger partial charge on any atom is -0.496 e. The number of carbonyl (C=O) groups excluding carboxylic acids is 1. The smallest absolute Gasteiger partial charge is 0.391 e. The molecule has 1 saturated carbocycles. The standard InChI is InChI=1S/C26H33F3N4O3/c1-5-33-23(19-7-6-18(13-21(19)36-4)12-17(3)26(27,28)29)20(14-30)22(32-33)24(34)31-15-25(35)10-8-16(2)9-11-25/h6-7,13,16-17,35H,5,8-12,15H2,1-4H3,(H,31,34). The third-order valence-corrected chi connectivity index (χ3v) is 6.98. The summed E-state index contributed by atoms with van der Waals surface area (Å²) in [4.78, 5) is 13.0. The number of nitrogens with zero attached hydrogens (tertiary/aromatic N) is 3. The summed E-state index contributed by atoms with van der Waals surface area (Å²) in [5.41, 5.74) is 0.215. The minimum atomic E-state index is -4.31. The molecule has 0 aliphatic heterocycles.